The van der Waals surface area contributed by atoms with E-state index in [0.717, 1.165) is 41.4 Å². The molecule has 24 heavy (non-hydrogen) atoms. The molecule has 0 bridgehead atoms. The van der Waals surface area contributed by atoms with Gasteiger partial charge in [0.05, 0.1) is 16.1 Å². The average molecular weight is 360 g/mol. The summed E-state index contributed by atoms with van der Waals surface area (Å²) in [6, 6.07) is 3.78. The second-order valence-electron chi connectivity index (χ2n) is 5.76. The van der Waals surface area contributed by atoms with Gasteiger partial charge in [-0.1, -0.05) is 6.07 Å². The topological polar surface area (TPSA) is 72.1 Å². The molecule has 8 heteroatoms. The predicted molar refractivity (Wildman–Crippen MR) is 92.3 cm³/mol. The first kappa shape index (κ1) is 15.5. The molecule has 1 aliphatic rings. The molecule has 4 rings (SSSR count). The molecule has 4 heterocycles. The SMILES string of the molecule is Cc1ncsc1-c1nnc(C2CCN(C(=O)c3cccs3)CC2)o1. The Balaban J connectivity index is 1.42. The maximum absolute atomic E-state index is 12.4. The van der Waals surface area contributed by atoms with Gasteiger partial charge in [0, 0.05) is 19.0 Å². The Bertz CT molecular complexity index is 832. The standard InChI is InChI=1S/C16H16N4O2S2/c1-10-13(24-9-17-10)15-19-18-14(22-15)11-4-6-20(7-5-11)16(21)12-3-2-8-23-12/h2-3,8-9,11H,4-7H2,1H3. The maximum atomic E-state index is 12.4. The van der Waals surface area contributed by atoms with Gasteiger partial charge in [-0.2, -0.15) is 0 Å². The van der Waals surface area contributed by atoms with E-state index in [4.69, 9.17) is 4.42 Å². The third-order valence-corrected chi connectivity index (χ3v) is 6.02. The van der Waals surface area contributed by atoms with Gasteiger partial charge in [-0.15, -0.1) is 32.9 Å². The van der Waals surface area contributed by atoms with E-state index in [0.29, 0.717) is 11.8 Å². The van der Waals surface area contributed by atoms with Crippen LogP contribution in [0.15, 0.2) is 27.4 Å². The van der Waals surface area contributed by atoms with Crippen molar-refractivity contribution in [1.82, 2.24) is 20.1 Å². The highest BCUT2D eigenvalue weighted by molar-refractivity contribution is 7.13. The molecule has 0 N–H and O–H groups in total. The summed E-state index contributed by atoms with van der Waals surface area (Å²) in [5.41, 5.74) is 2.69. The molecule has 0 saturated carbocycles. The molecule has 1 aliphatic heterocycles. The van der Waals surface area contributed by atoms with Gasteiger partial charge in [-0.25, -0.2) is 4.98 Å². The van der Waals surface area contributed by atoms with Crippen molar-refractivity contribution >= 4 is 28.6 Å². The molecular weight excluding hydrogens is 344 g/mol. The Morgan fingerprint density at radius 2 is 2.12 bits per heavy atom. The van der Waals surface area contributed by atoms with E-state index in [-0.39, 0.29) is 11.8 Å². The van der Waals surface area contributed by atoms with Crippen LogP contribution < -0.4 is 0 Å². The number of rotatable bonds is 3. The van der Waals surface area contributed by atoms with Gasteiger partial charge in [-0.3, -0.25) is 4.79 Å². The number of likely N-dealkylation sites (tertiary alicyclic amines) is 1. The number of amides is 1. The Morgan fingerprint density at radius 3 is 2.79 bits per heavy atom. The molecule has 0 aromatic carbocycles. The van der Waals surface area contributed by atoms with Crippen molar-refractivity contribution in [1.29, 1.82) is 0 Å². The van der Waals surface area contributed by atoms with Crippen LogP contribution in [-0.2, 0) is 0 Å². The van der Waals surface area contributed by atoms with Gasteiger partial charge < -0.3 is 9.32 Å². The number of carbonyl (C=O) groups excluding carboxylic acids is 1. The summed E-state index contributed by atoms with van der Waals surface area (Å²) in [6.07, 6.45) is 1.70. The molecule has 1 saturated heterocycles. The quantitative estimate of drug-likeness (QED) is 0.714. The number of nitrogens with zero attached hydrogens (tertiary/aromatic N) is 4. The van der Waals surface area contributed by atoms with E-state index in [2.05, 4.69) is 15.2 Å². The van der Waals surface area contributed by atoms with E-state index in [1.54, 1.807) is 5.51 Å². The van der Waals surface area contributed by atoms with Crippen LogP contribution >= 0.6 is 22.7 Å². The Labute approximate surface area is 147 Å². The van der Waals surface area contributed by atoms with Crippen LogP contribution in [0, 0.1) is 6.92 Å². The zero-order valence-electron chi connectivity index (χ0n) is 13.1. The number of aromatic nitrogens is 3. The Kier molecular flexibility index (Phi) is 4.15. The minimum absolute atomic E-state index is 0.120. The molecule has 124 valence electrons. The highest BCUT2D eigenvalue weighted by atomic mass is 32.1. The number of carbonyl (C=O) groups is 1. The van der Waals surface area contributed by atoms with Crippen LogP contribution in [0.1, 0.15) is 40.0 Å². The van der Waals surface area contributed by atoms with Gasteiger partial charge >= 0.3 is 0 Å². The van der Waals surface area contributed by atoms with E-state index < -0.39 is 0 Å². The van der Waals surface area contributed by atoms with Crippen molar-refractivity contribution in [3.05, 3.63) is 39.5 Å². The molecule has 6 nitrogen and oxygen atoms in total. The Hall–Kier alpha value is -2.06. The van der Waals surface area contributed by atoms with Crippen LogP contribution in [0.3, 0.4) is 0 Å². The largest absolute Gasteiger partial charge is 0.420 e. The minimum atomic E-state index is 0.120. The normalized spacial score (nSPS) is 15.8. The van der Waals surface area contributed by atoms with E-state index in [1.165, 1.54) is 22.7 Å². The van der Waals surface area contributed by atoms with Gasteiger partial charge in [0.2, 0.25) is 5.89 Å². The summed E-state index contributed by atoms with van der Waals surface area (Å²) in [5.74, 6) is 1.55. The van der Waals surface area contributed by atoms with Crippen molar-refractivity contribution in [2.24, 2.45) is 0 Å². The molecule has 0 atom stereocenters. The zero-order valence-corrected chi connectivity index (χ0v) is 14.8. The van der Waals surface area contributed by atoms with Crippen molar-refractivity contribution < 1.29 is 9.21 Å². The first-order chi connectivity index (χ1) is 11.7. The van der Waals surface area contributed by atoms with Gasteiger partial charge in [-0.05, 0) is 31.2 Å². The molecule has 0 spiro atoms. The number of hydrogen-bond donors (Lipinski definition) is 0. The van der Waals surface area contributed by atoms with Crippen molar-refractivity contribution in [3.63, 3.8) is 0 Å². The molecule has 3 aromatic rings. The smallest absolute Gasteiger partial charge is 0.263 e. The van der Waals surface area contributed by atoms with Crippen LogP contribution in [0.5, 0.6) is 0 Å². The van der Waals surface area contributed by atoms with Crippen LogP contribution in [0.25, 0.3) is 10.8 Å². The fraction of sp³-hybridized carbons (Fsp3) is 0.375. The lowest BCUT2D eigenvalue weighted by Crippen LogP contribution is -2.37. The zero-order chi connectivity index (χ0) is 16.5. The second kappa shape index (κ2) is 6.45. The maximum Gasteiger partial charge on any atom is 0.263 e. The highest BCUT2D eigenvalue weighted by Crippen LogP contribution is 2.32. The molecule has 0 radical (unpaired) electrons. The monoisotopic (exact) mass is 360 g/mol. The van der Waals surface area contributed by atoms with E-state index in [9.17, 15) is 4.79 Å². The summed E-state index contributed by atoms with van der Waals surface area (Å²) in [6.45, 7) is 3.38. The third-order valence-electron chi connectivity index (χ3n) is 4.24. The molecule has 0 unspecified atom stereocenters. The van der Waals surface area contributed by atoms with Crippen molar-refractivity contribution in [2.45, 2.75) is 25.7 Å². The van der Waals surface area contributed by atoms with Gasteiger partial charge in [0.1, 0.15) is 4.88 Å². The number of aryl methyl sites for hydroxylation is 1. The first-order valence-corrected chi connectivity index (χ1v) is 9.55. The molecule has 0 aliphatic carbocycles. The van der Waals surface area contributed by atoms with Crippen molar-refractivity contribution in [2.75, 3.05) is 13.1 Å². The summed E-state index contributed by atoms with van der Waals surface area (Å²) in [5, 5.41) is 10.3. The van der Waals surface area contributed by atoms with Gasteiger partial charge in [0.25, 0.3) is 11.8 Å². The molecule has 1 amide bonds. The number of hydrogen-bond acceptors (Lipinski definition) is 7. The predicted octanol–water partition coefficient (Wildman–Crippen LogP) is 3.58. The lowest BCUT2D eigenvalue weighted by molar-refractivity contribution is 0.0711. The molecule has 3 aromatic heterocycles. The number of thiophene rings is 1. The number of piperidine rings is 1. The lowest BCUT2D eigenvalue weighted by atomic mass is 9.97. The second-order valence-corrected chi connectivity index (χ2v) is 7.56. The first-order valence-electron chi connectivity index (χ1n) is 7.79. The average Bonchev–Trinajstić information content (AvgIpc) is 3.35. The molecule has 1 fully saturated rings. The highest BCUT2D eigenvalue weighted by Gasteiger charge is 2.28. The minimum Gasteiger partial charge on any atom is -0.420 e. The van der Waals surface area contributed by atoms with E-state index >= 15 is 0 Å². The molecular formula is C16H16N4O2S2. The lowest BCUT2D eigenvalue weighted by Gasteiger charge is -2.30. The van der Waals surface area contributed by atoms with Gasteiger partial charge in [0.15, 0.2) is 0 Å². The number of thiazole rings is 1. The summed E-state index contributed by atoms with van der Waals surface area (Å²) < 4.78 is 5.86. The van der Waals surface area contributed by atoms with Crippen LogP contribution in [-0.4, -0.2) is 39.1 Å². The summed E-state index contributed by atoms with van der Waals surface area (Å²) in [7, 11) is 0. The van der Waals surface area contributed by atoms with Crippen LogP contribution in [0.2, 0.25) is 0 Å². The van der Waals surface area contributed by atoms with Crippen LogP contribution in [0.4, 0.5) is 0 Å². The van der Waals surface area contributed by atoms with E-state index in [1.807, 2.05) is 29.3 Å². The third kappa shape index (κ3) is 2.87. The fourth-order valence-corrected chi connectivity index (χ4v) is 4.30. The van der Waals surface area contributed by atoms with Crippen molar-refractivity contribution in [3.8, 4) is 10.8 Å². The summed E-state index contributed by atoms with van der Waals surface area (Å²) >= 11 is 2.99. The Morgan fingerprint density at radius 1 is 1.29 bits per heavy atom. The fourth-order valence-electron chi connectivity index (χ4n) is 2.88. The summed E-state index contributed by atoms with van der Waals surface area (Å²) in [4.78, 5) is 20.2.